The first-order valence-electron chi connectivity index (χ1n) is 9.61. The van der Waals surface area contributed by atoms with E-state index in [0.717, 1.165) is 31.1 Å². The number of nitrogens with zero attached hydrogens (tertiary/aromatic N) is 8. The van der Waals surface area contributed by atoms with Gasteiger partial charge in [0.2, 0.25) is 0 Å². The van der Waals surface area contributed by atoms with Crippen LogP contribution in [0.3, 0.4) is 0 Å². The van der Waals surface area contributed by atoms with Crippen molar-refractivity contribution in [1.82, 2.24) is 29.4 Å². The molecule has 3 aromatic heterocycles. The maximum atomic E-state index is 8.78. The fraction of sp³-hybridized carbons (Fsp3) is 0.350. The molecule has 0 aliphatic carbocycles. The van der Waals surface area contributed by atoms with Gasteiger partial charge in [0.05, 0.1) is 30.5 Å². The molecule has 1 N–H and O–H groups in total. The van der Waals surface area contributed by atoms with Crippen molar-refractivity contribution < 1.29 is 0 Å². The van der Waals surface area contributed by atoms with E-state index in [1.165, 1.54) is 18.8 Å². The van der Waals surface area contributed by atoms with Crippen LogP contribution in [0.1, 0.15) is 19.0 Å². The van der Waals surface area contributed by atoms with Gasteiger partial charge in [-0.3, -0.25) is 4.57 Å². The average molecular weight is 389 g/mol. The Morgan fingerprint density at radius 1 is 1.17 bits per heavy atom. The molecule has 0 bridgehead atoms. The maximum absolute atomic E-state index is 8.78. The number of anilines is 3. The second-order valence-corrected chi connectivity index (χ2v) is 7.03. The zero-order chi connectivity index (χ0) is 20.2. The van der Waals surface area contributed by atoms with Crippen LogP contribution in [0.5, 0.6) is 0 Å². The lowest BCUT2D eigenvalue weighted by Crippen LogP contribution is -2.34. The third-order valence-electron chi connectivity index (χ3n) is 5.25. The molecule has 0 amide bonds. The lowest BCUT2D eigenvalue weighted by Gasteiger charge is -2.23. The number of aromatic nitrogens is 5. The van der Waals surface area contributed by atoms with Gasteiger partial charge in [-0.1, -0.05) is 6.92 Å². The summed E-state index contributed by atoms with van der Waals surface area (Å²) in [5, 5.41) is 11.9. The highest BCUT2D eigenvalue weighted by Crippen LogP contribution is 2.23. The van der Waals surface area contributed by atoms with E-state index in [1.807, 2.05) is 29.1 Å². The van der Waals surface area contributed by atoms with Crippen molar-refractivity contribution in [2.45, 2.75) is 19.4 Å². The SMILES string of the molecule is CCN(C)C1CCN(c2ccc(-n3cnc(Nc4cnc(C#N)cn4)c3)nc2)C1. The van der Waals surface area contributed by atoms with E-state index in [4.69, 9.17) is 5.26 Å². The summed E-state index contributed by atoms with van der Waals surface area (Å²) >= 11 is 0. The van der Waals surface area contributed by atoms with E-state index >= 15 is 0 Å². The van der Waals surface area contributed by atoms with Crippen LogP contribution in [-0.2, 0) is 0 Å². The number of nitrogens with one attached hydrogen (secondary N) is 1. The molecule has 148 valence electrons. The van der Waals surface area contributed by atoms with E-state index in [-0.39, 0.29) is 5.69 Å². The molecule has 1 unspecified atom stereocenters. The zero-order valence-corrected chi connectivity index (χ0v) is 16.5. The van der Waals surface area contributed by atoms with Crippen LogP contribution in [0.25, 0.3) is 5.82 Å². The van der Waals surface area contributed by atoms with E-state index in [2.05, 4.69) is 55.1 Å². The quantitative estimate of drug-likeness (QED) is 0.685. The minimum absolute atomic E-state index is 0.274. The van der Waals surface area contributed by atoms with Crippen molar-refractivity contribution in [3.63, 3.8) is 0 Å². The fourth-order valence-corrected chi connectivity index (χ4v) is 3.41. The minimum Gasteiger partial charge on any atom is -0.369 e. The van der Waals surface area contributed by atoms with Gasteiger partial charge < -0.3 is 15.1 Å². The molecule has 1 aliphatic heterocycles. The second-order valence-electron chi connectivity index (χ2n) is 7.03. The van der Waals surface area contributed by atoms with Gasteiger partial charge in [-0.05, 0) is 32.1 Å². The molecule has 1 atom stereocenters. The van der Waals surface area contributed by atoms with Crippen LogP contribution < -0.4 is 10.2 Å². The number of hydrogen-bond acceptors (Lipinski definition) is 8. The number of rotatable bonds is 6. The molecule has 1 fully saturated rings. The fourth-order valence-electron chi connectivity index (χ4n) is 3.41. The lowest BCUT2D eigenvalue weighted by atomic mass is 10.2. The molecule has 1 aliphatic rings. The largest absolute Gasteiger partial charge is 0.369 e. The van der Waals surface area contributed by atoms with Crippen molar-refractivity contribution in [3.05, 3.63) is 48.9 Å². The van der Waals surface area contributed by atoms with Gasteiger partial charge in [-0.2, -0.15) is 5.26 Å². The van der Waals surface area contributed by atoms with Crippen LogP contribution in [0.15, 0.2) is 43.2 Å². The molecule has 4 rings (SSSR count). The summed E-state index contributed by atoms with van der Waals surface area (Å²) in [5.74, 6) is 1.94. The van der Waals surface area contributed by atoms with Crippen LogP contribution in [0.4, 0.5) is 17.3 Å². The molecule has 0 saturated carbocycles. The summed E-state index contributed by atoms with van der Waals surface area (Å²) in [6, 6.07) is 6.65. The van der Waals surface area contributed by atoms with Crippen molar-refractivity contribution in [1.29, 1.82) is 5.26 Å². The van der Waals surface area contributed by atoms with Gasteiger partial charge in [-0.15, -0.1) is 0 Å². The smallest absolute Gasteiger partial charge is 0.158 e. The molecule has 0 spiro atoms. The standard InChI is InChI=1S/C20H23N9/c1-3-27(2)17-6-7-28(12-17)16-4-5-20(24-10-16)29-13-19(25-14-29)26-18-11-22-15(8-21)9-23-18/h4-5,9-11,13-14,17H,3,6-7,12H2,1-2H3,(H,23,26). The Bertz CT molecular complexity index is 988. The zero-order valence-electron chi connectivity index (χ0n) is 16.5. The third kappa shape index (κ3) is 4.17. The van der Waals surface area contributed by atoms with Crippen LogP contribution in [-0.4, -0.2) is 62.1 Å². The van der Waals surface area contributed by atoms with Gasteiger partial charge >= 0.3 is 0 Å². The number of hydrogen-bond donors (Lipinski definition) is 1. The van der Waals surface area contributed by atoms with Gasteiger partial charge in [0.25, 0.3) is 0 Å². The summed E-state index contributed by atoms with van der Waals surface area (Å²) in [4.78, 5) is 21.8. The number of pyridine rings is 1. The topological polar surface area (TPSA) is 98.8 Å². The van der Waals surface area contributed by atoms with Gasteiger partial charge in [0.15, 0.2) is 5.69 Å². The Hall–Kier alpha value is -3.51. The third-order valence-corrected chi connectivity index (χ3v) is 5.25. The maximum Gasteiger partial charge on any atom is 0.158 e. The van der Waals surface area contributed by atoms with Crippen molar-refractivity contribution in [2.75, 3.05) is 36.9 Å². The predicted octanol–water partition coefficient (Wildman–Crippen LogP) is 2.20. The summed E-state index contributed by atoms with van der Waals surface area (Å²) in [6.45, 7) is 5.36. The monoisotopic (exact) mass is 389 g/mol. The lowest BCUT2D eigenvalue weighted by molar-refractivity contribution is 0.272. The van der Waals surface area contributed by atoms with E-state index in [0.29, 0.717) is 17.7 Å². The molecule has 1 saturated heterocycles. The summed E-state index contributed by atoms with van der Waals surface area (Å²) in [5.41, 5.74) is 1.42. The Kier molecular flexibility index (Phi) is 5.35. The van der Waals surface area contributed by atoms with E-state index in [1.54, 1.807) is 6.33 Å². The molecule has 0 aromatic carbocycles. The number of nitriles is 1. The summed E-state index contributed by atoms with van der Waals surface area (Å²) in [7, 11) is 2.18. The Balaban J connectivity index is 1.41. The van der Waals surface area contributed by atoms with Crippen LogP contribution >= 0.6 is 0 Å². The van der Waals surface area contributed by atoms with Gasteiger partial charge in [0, 0.05) is 19.1 Å². The highest BCUT2D eigenvalue weighted by atomic mass is 15.2. The molecular weight excluding hydrogens is 366 g/mol. The van der Waals surface area contributed by atoms with Crippen LogP contribution in [0.2, 0.25) is 0 Å². The molecule has 0 radical (unpaired) electrons. The minimum atomic E-state index is 0.274. The predicted molar refractivity (Wildman–Crippen MR) is 110 cm³/mol. The highest BCUT2D eigenvalue weighted by Gasteiger charge is 2.25. The molecule has 9 nitrogen and oxygen atoms in total. The summed E-state index contributed by atoms with van der Waals surface area (Å²) in [6.07, 6.45) is 9.56. The first kappa shape index (κ1) is 18.8. The number of likely N-dealkylation sites (N-methyl/N-ethyl adjacent to an activating group) is 1. The van der Waals surface area contributed by atoms with Crippen molar-refractivity contribution in [2.24, 2.45) is 0 Å². The number of imidazole rings is 1. The normalized spacial score (nSPS) is 16.2. The Labute approximate surface area is 169 Å². The molecule has 9 heteroatoms. The molecule has 29 heavy (non-hydrogen) atoms. The first-order chi connectivity index (χ1) is 14.2. The van der Waals surface area contributed by atoms with Gasteiger partial charge in [0.1, 0.15) is 29.9 Å². The average Bonchev–Trinajstić information content (AvgIpc) is 3.44. The van der Waals surface area contributed by atoms with E-state index < -0.39 is 0 Å². The van der Waals surface area contributed by atoms with Crippen molar-refractivity contribution in [3.8, 4) is 11.9 Å². The van der Waals surface area contributed by atoms with E-state index in [9.17, 15) is 0 Å². The van der Waals surface area contributed by atoms with Crippen molar-refractivity contribution >= 4 is 17.3 Å². The molecule has 4 heterocycles. The van der Waals surface area contributed by atoms with Crippen LogP contribution in [0, 0.1) is 11.3 Å². The molecule has 3 aromatic rings. The first-order valence-corrected chi connectivity index (χ1v) is 9.61. The molecular formula is C20H23N9. The Morgan fingerprint density at radius 2 is 2.07 bits per heavy atom. The van der Waals surface area contributed by atoms with Gasteiger partial charge in [-0.25, -0.2) is 19.9 Å². The Morgan fingerprint density at radius 3 is 2.76 bits per heavy atom. The summed E-state index contributed by atoms with van der Waals surface area (Å²) < 4.78 is 1.85. The second kappa shape index (κ2) is 8.24. The highest BCUT2D eigenvalue weighted by molar-refractivity contribution is 5.51.